The van der Waals surface area contributed by atoms with Gasteiger partial charge in [0.15, 0.2) is 0 Å². The first kappa shape index (κ1) is 19.4. The van der Waals surface area contributed by atoms with Gasteiger partial charge in [0.25, 0.3) is 0 Å². The van der Waals surface area contributed by atoms with Gasteiger partial charge in [-0.3, -0.25) is 0 Å². The minimum Gasteiger partial charge on any atom is -0.478 e. The molecule has 0 aromatic heterocycles. The van der Waals surface area contributed by atoms with Gasteiger partial charge < -0.3 is 20.1 Å². The summed E-state index contributed by atoms with van der Waals surface area (Å²) in [7, 11) is 1.27. The number of carbonyl (C=O) groups is 4. The molecular formula is C17H14O8. The highest BCUT2D eigenvalue weighted by atomic mass is 16.5. The van der Waals surface area contributed by atoms with Gasteiger partial charge in [0, 0.05) is 0 Å². The molecule has 0 heterocycles. The number of methoxy groups -OCH3 is 1. The average Bonchev–Trinajstić information content (AvgIpc) is 2.61. The summed E-state index contributed by atoms with van der Waals surface area (Å²) in [4.78, 5) is 42.0. The lowest BCUT2D eigenvalue weighted by atomic mass is 10.1. The average molecular weight is 346 g/mol. The minimum absolute atomic E-state index is 0.0833. The number of ether oxygens (including phenoxy) is 1. The van der Waals surface area contributed by atoms with Crippen molar-refractivity contribution in [3.8, 4) is 0 Å². The van der Waals surface area contributed by atoms with Gasteiger partial charge in [-0.1, -0.05) is 0 Å². The molecule has 0 saturated carbocycles. The van der Waals surface area contributed by atoms with E-state index in [0.717, 1.165) is 0 Å². The van der Waals surface area contributed by atoms with Crippen LogP contribution in [0.3, 0.4) is 0 Å². The maximum Gasteiger partial charge on any atom is 0.337 e. The first-order chi connectivity index (χ1) is 11.8. The molecule has 0 fully saturated rings. The normalized spacial score (nSPS) is 9.32. The Labute approximate surface area is 141 Å². The predicted molar refractivity (Wildman–Crippen MR) is 85.1 cm³/mol. The molecule has 0 radical (unpaired) electrons. The quantitative estimate of drug-likeness (QED) is 0.717. The van der Waals surface area contributed by atoms with E-state index in [-0.39, 0.29) is 16.7 Å². The standard InChI is InChI=1S/C9H8O4.C8H6O4/c1-13-9(12)7-4-2-6(3-5-7)8(10)11;9-7(10)5-1-2-6(4-3-5)8(11)12/h2-5H,1H3,(H,10,11);1-4H,(H,9,10)(H,11,12). The lowest BCUT2D eigenvalue weighted by molar-refractivity contribution is 0.0597. The van der Waals surface area contributed by atoms with Gasteiger partial charge in [-0.05, 0) is 48.5 Å². The third kappa shape index (κ3) is 5.79. The van der Waals surface area contributed by atoms with Gasteiger partial charge in [-0.25, -0.2) is 19.2 Å². The maximum atomic E-state index is 10.9. The molecule has 0 unspecified atom stereocenters. The number of carbonyl (C=O) groups excluding carboxylic acids is 1. The molecule has 0 saturated heterocycles. The molecule has 2 aromatic carbocycles. The number of aromatic carboxylic acids is 3. The van der Waals surface area contributed by atoms with Gasteiger partial charge in [-0.2, -0.15) is 0 Å². The molecular weight excluding hydrogens is 332 g/mol. The highest BCUT2D eigenvalue weighted by molar-refractivity contribution is 5.92. The third-order valence-corrected chi connectivity index (χ3v) is 2.93. The fraction of sp³-hybridized carbons (Fsp3) is 0.0588. The van der Waals surface area contributed by atoms with Gasteiger partial charge in [0.2, 0.25) is 0 Å². The van der Waals surface area contributed by atoms with Gasteiger partial charge in [0.05, 0.1) is 29.4 Å². The summed E-state index contributed by atoms with van der Waals surface area (Å²) >= 11 is 0. The molecule has 0 atom stereocenters. The Bertz CT molecular complexity index is 742. The van der Waals surface area contributed by atoms with Gasteiger partial charge >= 0.3 is 23.9 Å². The summed E-state index contributed by atoms with van der Waals surface area (Å²) in [5.41, 5.74) is 0.653. The Hall–Kier alpha value is -3.68. The second-order valence-electron chi connectivity index (χ2n) is 4.56. The molecule has 130 valence electrons. The van der Waals surface area contributed by atoms with Crippen molar-refractivity contribution in [1.82, 2.24) is 0 Å². The van der Waals surface area contributed by atoms with Crippen LogP contribution in [0.5, 0.6) is 0 Å². The van der Waals surface area contributed by atoms with Crippen LogP contribution in [0.1, 0.15) is 41.4 Å². The Kier molecular flexibility index (Phi) is 6.83. The van der Waals surface area contributed by atoms with Crippen LogP contribution in [0.25, 0.3) is 0 Å². The fourth-order valence-electron chi connectivity index (χ4n) is 1.62. The number of hydrogen-bond donors (Lipinski definition) is 3. The van der Waals surface area contributed by atoms with Crippen molar-refractivity contribution in [3.63, 3.8) is 0 Å². The van der Waals surface area contributed by atoms with Crippen molar-refractivity contribution >= 4 is 23.9 Å². The van der Waals surface area contributed by atoms with Crippen LogP contribution in [-0.2, 0) is 4.74 Å². The van der Waals surface area contributed by atoms with E-state index in [2.05, 4.69) is 4.74 Å². The maximum absolute atomic E-state index is 10.9. The summed E-state index contributed by atoms with van der Waals surface area (Å²) in [6, 6.07) is 10.6. The molecule has 2 aromatic rings. The van der Waals surface area contributed by atoms with Gasteiger partial charge in [0.1, 0.15) is 0 Å². The molecule has 0 bridgehead atoms. The van der Waals surface area contributed by atoms with E-state index < -0.39 is 23.9 Å². The summed E-state index contributed by atoms with van der Waals surface area (Å²) < 4.78 is 4.45. The Morgan fingerprint density at radius 2 is 0.840 bits per heavy atom. The fourth-order valence-corrected chi connectivity index (χ4v) is 1.62. The molecule has 0 amide bonds. The number of rotatable bonds is 4. The van der Waals surface area contributed by atoms with Crippen molar-refractivity contribution in [1.29, 1.82) is 0 Å². The first-order valence-electron chi connectivity index (χ1n) is 6.74. The second-order valence-corrected chi connectivity index (χ2v) is 4.56. The Morgan fingerprint density at radius 1 is 0.600 bits per heavy atom. The van der Waals surface area contributed by atoms with E-state index >= 15 is 0 Å². The number of carboxylic acid groups (broad SMARTS) is 3. The Balaban J connectivity index is 0.000000251. The van der Waals surface area contributed by atoms with Crippen LogP contribution in [0.2, 0.25) is 0 Å². The van der Waals surface area contributed by atoms with Crippen LogP contribution in [-0.4, -0.2) is 46.3 Å². The topological polar surface area (TPSA) is 138 Å². The predicted octanol–water partition coefficient (Wildman–Crippen LogP) is 2.25. The van der Waals surface area contributed by atoms with Gasteiger partial charge in [-0.15, -0.1) is 0 Å². The molecule has 0 aliphatic rings. The monoisotopic (exact) mass is 346 g/mol. The van der Waals surface area contributed by atoms with Crippen molar-refractivity contribution in [2.75, 3.05) is 7.11 Å². The summed E-state index contributed by atoms with van der Waals surface area (Å²) in [5, 5.41) is 25.5. The highest BCUT2D eigenvalue weighted by Gasteiger charge is 2.07. The van der Waals surface area contributed by atoms with E-state index in [0.29, 0.717) is 5.56 Å². The summed E-state index contributed by atoms with van der Waals surface area (Å²) in [6.07, 6.45) is 0. The zero-order chi connectivity index (χ0) is 19.0. The molecule has 2 rings (SSSR count). The molecule has 0 aliphatic heterocycles. The van der Waals surface area contributed by atoms with Crippen LogP contribution in [0, 0.1) is 0 Å². The third-order valence-electron chi connectivity index (χ3n) is 2.93. The summed E-state index contributed by atoms with van der Waals surface area (Å²) in [6.45, 7) is 0. The molecule has 3 N–H and O–H groups in total. The molecule has 25 heavy (non-hydrogen) atoms. The van der Waals surface area contributed by atoms with Crippen LogP contribution in [0.4, 0.5) is 0 Å². The zero-order valence-corrected chi connectivity index (χ0v) is 13.0. The van der Waals surface area contributed by atoms with Crippen LogP contribution < -0.4 is 0 Å². The van der Waals surface area contributed by atoms with E-state index in [1.807, 2.05) is 0 Å². The number of benzene rings is 2. The van der Waals surface area contributed by atoms with E-state index in [9.17, 15) is 19.2 Å². The van der Waals surface area contributed by atoms with Crippen molar-refractivity contribution < 1.29 is 39.2 Å². The number of hydrogen-bond acceptors (Lipinski definition) is 5. The zero-order valence-electron chi connectivity index (χ0n) is 13.0. The van der Waals surface area contributed by atoms with Crippen molar-refractivity contribution in [2.45, 2.75) is 0 Å². The molecule has 0 aliphatic carbocycles. The van der Waals surface area contributed by atoms with Crippen molar-refractivity contribution in [2.24, 2.45) is 0 Å². The van der Waals surface area contributed by atoms with Crippen LogP contribution in [0.15, 0.2) is 48.5 Å². The van der Waals surface area contributed by atoms with E-state index in [4.69, 9.17) is 15.3 Å². The second kappa shape index (κ2) is 8.82. The molecule has 8 nitrogen and oxygen atoms in total. The van der Waals surface area contributed by atoms with E-state index in [1.54, 1.807) is 0 Å². The smallest absolute Gasteiger partial charge is 0.337 e. The largest absolute Gasteiger partial charge is 0.478 e. The highest BCUT2D eigenvalue weighted by Crippen LogP contribution is 2.05. The summed E-state index contributed by atoms with van der Waals surface area (Å²) in [5.74, 6) is -3.62. The first-order valence-corrected chi connectivity index (χ1v) is 6.74. The Morgan fingerprint density at radius 3 is 1.04 bits per heavy atom. The van der Waals surface area contributed by atoms with E-state index in [1.165, 1.54) is 55.6 Å². The lowest BCUT2D eigenvalue weighted by Crippen LogP contribution is -2.02. The number of carboxylic acids is 3. The number of esters is 1. The minimum atomic E-state index is -1.06. The molecule has 0 spiro atoms. The lowest BCUT2D eigenvalue weighted by Gasteiger charge is -1.98. The molecule has 8 heteroatoms. The van der Waals surface area contributed by atoms with Crippen LogP contribution >= 0.6 is 0 Å². The van der Waals surface area contributed by atoms with Crippen molar-refractivity contribution in [3.05, 3.63) is 70.8 Å². The SMILES string of the molecule is COC(=O)c1ccc(C(=O)O)cc1.O=C(O)c1ccc(C(=O)O)cc1.